The number of halogens is 1. The van der Waals surface area contributed by atoms with Crippen LogP contribution in [0.15, 0.2) is 88.4 Å². The van der Waals surface area contributed by atoms with Crippen molar-refractivity contribution in [2.75, 3.05) is 7.11 Å². The second-order valence-corrected chi connectivity index (χ2v) is 7.78. The molecule has 0 amide bonds. The van der Waals surface area contributed by atoms with Crippen molar-refractivity contribution >= 4 is 21.6 Å². The lowest BCUT2D eigenvalue weighted by Crippen LogP contribution is -2.24. The molecule has 0 saturated carbocycles. The Morgan fingerprint density at radius 3 is 2.34 bits per heavy atom. The van der Waals surface area contributed by atoms with E-state index in [1.807, 2.05) is 71.7 Å². The third kappa shape index (κ3) is 4.03. The maximum Gasteiger partial charge on any atom is 0.159 e. The molecular weight excluding hydrogens is 426 g/mol. The summed E-state index contributed by atoms with van der Waals surface area (Å²) in [6.07, 6.45) is 0.741. The summed E-state index contributed by atoms with van der Waals surface area (Å²) < 4.78 is 6.26. The zero-order chi connectivity index (χ0) is 20.2. The third-order valence-corrected chi connectivity index (χ3v) is 5.65. The van der Waals surface area contributed by atoms with E-state index < -0.39 is 6.04 Å². The van der Waals surface area contributed by atoms with Crippen LogP contribution in [0, 0.1) is 11.3 Å². The fourth-order valence-electron chi connectivity index (χ4n) is 3.60. The van der Waals surface area contributed by atoms with Gasteiger partial charge in [-0.15, -0.1) is 0 Å². The van der Waals surface area contributed by atoms with E-state index in [9.17, 15) is 5.26 Å². The van der Waals surface area contributed by atoms with Crippen molar-refractivity contribution in [3.8, 4) is 11.8 Å². The highest BCUT2D eigenvalue weighted by Crippen LogP contribution is 2.39. The minimum atomic E-state index is -0.468. The fourth-order valence-corrected chi connectivity index (χ4v) is 3.86. The SMILES string of the molecule is COc1ccc(C2=NN([C@@H](C#N)c3ccc(Br)cc3)[C@H](c3ccccc3)C2)cc1. The average molecular weight is 446 g/mol. The van der Waals surface area contributed by atoms with E-state index in [2.05, 4.69) is 34.1 Å². The summed E-state index contributed by atoms with van der Waals surface area (Å²) in [4.78, 5) is 0. The molecule has 29 heavy (non-hydrogen) atoms. The zero-order valence-corrected chi connectivity index (χ0v) is 17.6. The predicted octanol–water partition coefficient (Wildman–Crippen LogP) is 5.87. The minimum Gasteiger partial charge on any atom is -0.497 e. The lowest BCUT2D eigenvalue weighted by atomic mass is 9.97. The van der Waals surface area contributed by atoms with Crippen LogP contribution in [-0.4, -0.2) is 17.8 Å². The predicted molar refractivity (Wildman–Crippen MR) is 118 cm³/mol. The zero-order valence-electron chi connectivity index (χ0n) is 16.0. The Labute approximate surface area is 179 Å². The highest BCUT2D eigenvalue weighted by Gasteiger charge is 2.34. The minimum absolute atomic E-state index is 0.00148. The van der Waals surface area contributed by atoms with Crippen LogP contribution in [-0.2, 0) is 0 Å². The van der Waals surface area contributed by atoms with Crippen molar-refractivity contribution in [2.45, 2.75) is 18.5 Å². The van der Waals surface area contributed by atoms with E-state index in [0.29, 0.717) is 0 Å². The number of methoxy groups -OCH3 is 1. The molecule has 0 bridgehead atoms. The van der Waals surface area contributed by atoms with Gasteiger partial charge in [0.25, 0.3) is 0 Å². The van der Waals surface area contributed by atoms with Crippen molar-refractivity contribution in [1.29, 1.82) is 5.26 Å². The maximum atomic E-state index is 10.0. The van der Waals surface area contributed by atoms with Crippen LogP contribution in [0.4, 0.5) is 0 Å². The number of hydrazone groups is 1. The number of hydrogen-bond donors (Lipinski definition) is 0. The molecule has 2 atom stereocenters. The van der Waals surface area contributed by atoms with Crippen molar-refractivity contribution in [3.05, 3.63) is 100 Å². The van der Waals surface area contributed by atoms with Gasteiger partial charge in [-0.25, -0.2) is 0 Å². The fraction of sp³-hybridized carbons (Fsp3) is 0.167. The summed E-state index contributed by atoms with van der Waals surface area (Å²) >= 11 is 3.47. The topological polar surface area (TPSA) is 48.6 Å². The molecule has 0 N–H and O–H groups in total. The van der Waals surface area contributed by atoms with Crippen LogP contribution < -0.4 is 4.74 Å². The van der Waals surface area contributed by atoms with Gasteiger partial charge < -0.3 is 4.74 Å². The molecule has 1 heterocycles. The molecular formula is C24H20BrN3O. The van der Waals surface area contributed by atoms with Crippen LogP contribution in [0.5, 0.6) is 5.75 Å². The molecule has 144 valence electrons. The summed E-state index contributed by atoms with van der Waals surface area (Å²) in [5.74, 6) is 0.813. The van der Waals surface area contributed by atoms with Gasteiger partial charge >= 0.3 is 0 Å². The molecule has 0 spiro atoms. The van der Waals surface area contributed by atoms with Crippen LogP contribution in [0.25, 0.3) is 0 Å². The quantitative estimate of drug-likeness (QED) is 0.492. The van der Waals surface area contributed by atoms with Gasteiger partial charge in [-0.1, -0.05) is 58.4 Å². The first-order chi connectivity index (χ1) is 14.2. The smallest absolute Gasteiger partial charge is 0.159 e. The first kappa shape index (κ1) is 19.2. The van der Waals surface area contributed by atoms with E-state index in [1.54, 1.807) is 7.11 Å². The highest BCUT2D eigenvalue weighted by atomic mass is 79.9. The van der Waals surface area contributed by atoms with Crippen molar-refractivity contribution < 1.29 is 4.74 Å². The van der Waals surface area contributed by atoms with Gasteiger partial charge in [0.05, 0.1) is 24.9 Å². The highest BCUT2D eigenvalue weighted by molar-refractivity contribution is 9.10. The lowest BCUT2D eigenvalue weighted by molar-refractivity contribution is 0.196. The van der Waals surface area contributed by atoms with E-state index >= 15 is 0 Å². The lowest BCUT2D eigenvalue weighted by Gasteiger charge is -2.28. The molecule has 3 aromatic carbocycles. The van der Waals surface area contributed by atoms with Gasteiger partial charge in [-0.05, 0) is 53.1 Å². The Kier molecular flexibility index (Phi) is 5.64. The Morgan fingerprint density at radius 2 is 1.72 bits per heavy atom. The van der Waals surface area contributed by atoms with Crippen molar-refractivity contribution in [1.82, 2.24) is 5.01 Å². The summed E-state index contributed by atoms with van der Waals surface area (Å²) in [7, 11) is 1.66. The summed E-state index contributed by atoms with van der Waals surface area (Å²) in [6, 6.07) is 28.0. The summed E-state index contributed by atoms with van der Waals surface area (Å²) in [5, 5.41) is 16.9. The van der Waals surface area contributed by atoms with Gasteiger partial charge in [-0.2, -0.15) is 10.4 Å². The first-order valence-corrected chi connectivity index (χ1v) is 10.2. The number of hydrogen-bond acceptors (Lipinski definition) is 4. The standard InChI is InChI=1S/C24H20BrN3O/c1-29-21-13-9-17(10-14-21)22-15-23(18-5-3-2-4-6-18)28(27-22)24(16-26)19-7-11-20(25)12-8-19/h2-14,23-24H,15H2,1H3/t23-,24-/m0/s1. The van der Waals surface area contributed by atoms with E-state index in [-0.39, 0.29) is 6.04 Å². The van der Waals surface area contributed by atoms with Gasteiger partial charge in [0.1, 0.15) is 5.75 Å². The molecule has 4 rings (SSSR count). The van der Waals surface area contributed by atoms with E-state index in [0.717, 1.165) is 39.0 Å². The second kappa shape index (κ2) is 8.50. The molecule has 3 aromatic rings. The van der Waals surface area contributed by atoms with Gasteiger partial charge in [0.15, 0.2) is 6.04 Å². The van der Waals surface area contributed by atoms with Gasteiger partial charge in [-0.3, -0.25) is 5.01 Å². The van der Waals surface area contributed by atoms with Crippen LogP contribution >= 0.6 is 15.9 Å². The average Bonchev–Trinajstić information content (AvgIpc) is 3.21. The molecule has 0 aliphatic carbocycles. The normalized spacial score (nSPS) is 16.8. The molecule has 5 heteroatoms. The Morgan fingerprint density at radius 1 is 1.03 bits per heavy atom. The first-order valence-electron chi connectivity index (χ1n) is 9.40. The molecule has 4 nitrogen and oxygen atoms in total. The van der Waals surface area contributed by atoms with Crippen molar-refractivity contribution in [3.63, 3.8) is 0 Å². The molecule has 1 aliphatic heterocycles. The summed E-state index contributed by atoms with van der Waals surface area (Å²) in [5.41, 5.74) is 4.09. The largest absolute Gasteiger partial charge is 0.497 e. The molecule has 0 radical (unpaired) electrons. The van der Waals surface area contributed by atoms with Crippen LogP contribution in [0.2, 0.25) is 0 Å². The van der Waals surface area contributed by atoms with E-state index in [4.69, 9.17) is 9.84 Å². The molecule has 1 aliphatic rings. The summed E-state index contributed by atoms with van der Waals surface area (Å²) in [6.45, 7) is 0. The number of nitriles is 1. The maximum absolute atomic E-state index is 10.0. The third-order valence-electron chi connectivity index (χ3n) is 5.12. The Balaban J connectivity index is 1.73. The van der Waals surface area contributed by atoms with Gasteiger partial charge in [0, 0.05) is 10.9 Å². The number of rotatable bonds is 5. The van der Waals surface area contributed by atoms with Crippen LogP contribution in [0.3, 0.4) is 0 Å². The Bertz CT molecular complexity index is 1040. The number of benzene rings is 3. The van der Waals surface area contributed by atoms with Crippen LogP contribution in [0.1, 0.15) is 35.2 Å². The second-order valence-electron chi connectivity index (χ2n) is 6.87. The number of nitrogens with zero attached hydrogens (tertiary/aromatic N) is 3. The molecule has 0 saturated heterocycles. The van der Waals surface area contributed by atoms with Gasteiger partial charge in [0.2, 0.25) is 0 Å². The van der Waals surface area contributed by atoms with E-state index in [1.165, 1.54) is 0 Å². The Hall–Kier alpha value is -3.10. The molecule has 0 unspecified atom stereocenters. The van der Waals surface area contributed by atoms with Crippen molar-refractivity contribution in [2.24, 2.45) is 5.10 Å². The monoisotopic (exact) mass is 445 g/mol. The number of ether oxygens (including phenoxy) is 1. The molecule has 0 fully saturated rings. The molecule has 0 aromatic heterocycles.